The largest absolute Gasteiger partial charge is 0.497 e. The van der Waals surface area contributed by atoms with E-state index < -0.39 is 23.7 Å². The molecule has 4 rings (SSSR count). The van der Waals surface area contributed by atoms with E-state index in [2.05, 4.69) is 12.0 Å². The smallest absolute Gasteiger partial charge is 0.289 e. The average molecular weight is 606 g/mol. The van der Waals surface area contributed by atoms with Gasteiger partial charge in [0.05, 0.1) is 47.3 Å². The van der Waals surface area contributed by atoms with Crippen LogP contribution < -0.4 is 23.7 Å². The fraction of sp³-hybridized carbons (Fsp3) is 0.382. The van der Waals surface area contributed by atoms with Crippen molar-refractivity contribution in [1.82, 2.24) is 5.06 Å². The topological polar surface area (TPSA) is 105 Å². The number of methoxy groups -OCH3 is 5. The minimum Gasteiger partial charge on any atom is -0.497 e. The van der Waals surface area contributed by atoms with E-state index >= 15 is 0 Å². The van der Waals surface area contributed by atoms with Crippen LogP contribution in [0.3, 0.4) is 0 Å². The van der Waals surface area contributed by atoms with Crippen molar-refractivity contribution in [2.45, 2.75) is 44.0 Å². The highest BCUT2D eigenvalue weighted by Crippen LogP contribution is 2.51. The molecule has 0 aliphatic carbocycles. The van der Waals surface area contributed by atoms with Crippen molar-refractivity contribution < 1.29 is 43.2 Å². The zero-order valence-electron chi connectivity index (χ0n) is 25.9. The highest BCUT2D eigenvalue weighted by molar-refractivity contribution is 5.94. The minimum atomic E-state index is -1.06. The molecule has 1 heterocycles. The molecular weight excluding hydrogens is 566 g/mol. The molecule has 1 aliphatic rings. The molecule has 0 saturated carbocycles. The third-order valence-corrected chi connectivity index (χ3v) is 7.53. The molecule has 44 heavy (non-hydrogen) atoms. The van der Waals surface area contributed by atoms with Crippen molar-refractivity contribution >= 4 is 5.91 Å². The van der Waals surface area contributed by atoms with Crippen LogP contribution in [0.25, 0.3) is 0 Å². The lowest BCUT2D eigenvalue weighted by Crippen LogP contribution is -2.37. The normalized spacial score (nSPS) is 19.0. The summed E-state index contributed by atoms with van der Waals surface area (Å²) in [5, 5.41) is 10.9. The van der Waals surface area contributed by atoms with Crippen LogP contribution in [0.2, 0.25) is 0 Å². The van der Waals surface area contributed by atoms with Crippen molar-refractivity contribution in [3.05, 3.63) is 77.4 Å². The quantitative estimate of drug-likeness (QED) is 0.119. The molecule has 1 amide bonds. The first-order valence-electron chi connectivity index (χ1n) is 14.2. The predicted molar refractivity (Wildman–Crippen MR) is 163 cm³/mol. The lowest BCUT2D eigenvalue weighted by atomic mass is 9.85. The summed E-state index contributed by atoms with van der Waals surface area (Å²) < 4.78 is 40.5. The van der Waals surface area contributed by atoms with Crippen molar-refractivity contribution in [3.8, 4) is 40.7 Å². The summed E-state index contributed by atoms with van der Waals surface area (Å²) in [6, 6.07) is 20.3. The molecule has 0 radical (unpaired) electrons. The molecule has 10 heteroatoms. The Labute approximate surface area is 258 Å². The van der Waals surface area contributed by atoms with E-state index in [1.165, 1.54) is 7.11 Å². The summed E-state index contributed by atoms with van der Waals surface area (Å²) in [4.78, 5) is 12.8. The van der Waals surface area contributed by atoms with Gasteiger partial charge in [-0.2, -0.15) is 0 Å². The Bertz CT molecular complexity index is 1440. The van der Waals surface area contributed by atoms with E-state index in [1.807, 2.05) is 43.3 Å². The SMILES string of the molecule is CCCOc1ccc(C2(CC#CN(O)C(=O)c3ccc(OC)cc3)OC(c3cc(OC)c(OC)c(OC)c3)CC2OC)cc1. The summed E-state index contributed by atoms with van der Waals surface area (Å²) in [6.45, 7) is 2.65. The van der Waals surface area contributed by atoms with Gasteiger partial charge in [-0.1, -0.05) is 25.0 Å². The Hall–Kier alpha value is -4.43. The molecule has 1 N–H and O–H groups in total. The van der Waals surface area contributed by atoms with Crippen LogP contribution >= 0.6 is 0 Å². The van der Waals surface area contributed by atoms with Crippen molar-refractivity contribution in [3.63, 3.8) is 0 Å². The summed E-state index contributed by atoms with van der Waals surface area (Å²) >= 11 is 0. The molecule has 3 aromatic carbocycles. The maximum absolute atomic E-state index is 12.8. The van der Waals surface area contributed by atoms with E-state index in [0.717, 1.165) is 23.3 Å². The third kappa shape index (κ3) is 6.86. The second-order valence-corrected chi connectivity index (χ2v) is 10.1. The number of benzene rings is 3. The number of hydrogen-bond acceptors (Lipinski definition) is 9. The number of carbonyl (C=O) groups is 1. The van der Waals surface area contributed by atoms with Crippen LogP contribution in [0.4, 0.5) is 0 Å². The van der Waals surface area contributed by atoms with Crippen LogP contribution in [0.15, 0.2) is 60.7 Å². The number of carbonyl (C=O) groups excluding carboxylic acids is 1. The maximum Gasteiger partial charge on any atom is 0.289 e. The molecule has 3 aromatic rings. The van der Waals surface area contributed by atoms with Crippen molar-refractivity contribution in [1.29, 1.82) is 0 Å². The molecule has 10 nitrogen and oxygen atoms in total. The van der Waals surface area contributed by atoms with Crippen LogP contribution in [-0.4, -0.2) is 64.4 Å². The van der Waals surface area contributed by atoms with E-state index in [-0.39, 0.29) is 12.0 Å². The summed E-state index contributed by atoms with van der Waals surface area (Å²) in [5.41, 5.74) is 0.815. The zero-order valence-corrected chi connectivity index (χ0v) is 25.9. The van der Waals surface area contributed by atoms with Crippen molar-refractivity contribution in [2.24, 2.45) is 0 Å². The van der Waals surface area contributed by atoms with E-state index in [0.29, 0.717) is 41.1 Å². The summed E-state index contributed by atoms with van der Waals surface area (Å²) in [5.74, 6) is 5.10. The van der Waals surface area contributed by atoms with Gasteiger partial charge in [-0.25, -0.2) is 0 Å². The highest BCUT2D eigenvalue weighted by Gasteiger charge is 2.50. The van der Waals surface area contributed by atoms with E-state index in [4.69, 9.17) is 33.2 Å². The molecule has 1 aliphatic heterocycles. The molecule has 234 valence electrons. The zero-order chi connectivity index (χ0) is 31.7. The Morgan fingerprint density at radius 2 is 1.57 bits per heavy atom. The van der Waals surface area contributed by atoms with Crippen LogP contribution in [0.5, 0.6) is 28.7 Å². The lowest BCUT2D eigenvalue weighted by Gasteiger charge is -2.33. The lowest BCUT2D eigenvalue weighted by molar-refractivity contribution is -0.0967. The number of hydroxylamine groups is 2. The number of nitrogens with zero attached hydrogens (tertiary/aromatic N) is 1. The highest BCUT2D eigenvalue weighted by atomic mass is 16.6. The fourth-order valence-electron chi connectivity index (χ4n) is 5.26. The second kappa shape index (κ2) is 14.8. The van der Waals surface area contributed by atoms with Gasteiger partial charge in [0.2, 0.25) is 5.75 Å². The molecule has 0 bridgehead atoms. The minimum absolute atomic E-state index is 0.106. The number of ether oxygens (including phenoxy) is 7. The molecule has 1 saturated heterocycles. The number of rotatable bonds is 12. The summed E-state index contributed by atoms with van der Waals surface area (Å²) in [6.07, 6.45) is 0.609. The Kier molecular flexibility index (Phi) is 11.0. The molecule has 1 fully saturated rings. The van der Waals surface area contributed by atoms with Gasteiger partial charge in [-0.05, 0) is 66.1 Å². The van der Waals surface area contributed by atoms with Gasteiger partial charge in [0.1, 0.15) is 17.1 Å². The van der Waals surface area contributed by atoms with Gasteiger partial charge in [0, 0.05) is 31.6 Å². The Morgan fingerprint density at radius 1 is 0.932 bits per heavy atom. The number of amides is 1. The first kappa shape index (κ1) is 32.5. The molecular formula is C34H39NO9. The maximum atomic E-state index is 12.8. The predicted octanol–water partition coefficient (Wildman–Crippen LogP) is 5.76. The van der Waals surface area contributed by atoms with Gasteiger partial charge < -0.3 is 33.2 Å². The van der Waals surface area contributed by atoms with Gasteiger partial charge in [-0.15, -0.1) is 5.06 Å². The first-order chi connectivity index (χ1) is 21.3. The van der Waals surface area contributed by atoms with Crippen LogP contribution in [-0.2, 0) is 15.1 Å². The average Bonchev–Trinajstić information content (AvgIpc) is 3.46. The first-order valence-corrected chi connectivity index (χ1v) is 14.2. The third-order valence-electron chi connectivity index (χ3n) is 7.53. The standard InChI is InChI=1S/C34H39NO9/c1-7-19-43-27-15-11-25(12-16-27)34(17-8-18-35(37)33(36)23-9-13-26(38-2)14-10-23)31(41-5)22-28(44-34)24-20-29(39-3)32(42-6)30(21-24)40-4/h9-16,20-21,28,31,37H,7,17,19,22H2,1-6H3. The van der Waals surface area contributed by atoms with Crippen LogP contribution in [0.1, 0.15) is 53.8 Å². The Balaban J connectivity index is 1.69. The van der Waals surface area contributed by atoms with Gasteiger partial charge in [-0.3, -0.25) is 10.0 Å². The molecule has 3 atom stereocenters. The number of hydrogen-bond donors (Lipinski definition) is 1. The second-order valence-electron chi connectivity index (χ2n) is 10.1. The fourth-order valence-corrected chi connectivity index (χ4v) is 5.26. The molecule has 3 unspecified atom stereocenters. The monoisotopic (exact) mass is 605 g/mol. The van der Waals surface area contributed by atoms with Gasteiger partial charge in [0.15, 0.2) is 11.5 Å². The summed E-state index contributed by atoms with van der Waals surface area (Å²) in [7, 11) is 7.83. The Morgan fingerprint density at radius 3 is 2.11 bits per heavy atom. The van der Waals surface area contributed by atoms with Gasteiger partial charge >= 0.3 is 0 Å². The van der Waals surface area contributed by atoms with Crippen molar-refractivity contribution in [2.75, 3.05) is 42.2 Å². The van der Waals surface area contributed by atoms with E-state index in [9.17, 15) is 10.0 Å². The van der Waals surface area contributed by atoms with E-state index in [1.54, 1.807) is 52.7 Å². The van der Waals surface area contributed by atoms with Crippen LogP contribution in [0, 0.1) is 12.0 Å². The molecule has 0 spiro atoms. The molecule has 0 aromatic heterocycles. The van der Waals surface area contributed by atoms with Gasteiger partial charge in [0.25, 0.3) is 5.91 Å².